The van der Waals surface area contributed by atoms with Crippen LogP contribution in [0.25, 0.3) is 0 Å². The number of carbonyl (C=O) groups excluding carboxylic acids is 1. The van der Waals surface area contributed by atoms with Gasteiger partial charge in [-0.05, 0) is 69.2 Å². The van der Waals surface area contributed by atoms with E-state index < -0.39 is 5.60 Å². The first-order chi connectivity index (χ1) is 15.3. The number of hydrogen-bond donors (Lipinski definition) is 3. The SMILES string of the molecule is CNC[C@H](CC(C)C)NC(=O)N1CCC[C@@H]([C@@](O)(CCCCOC)c2cccc(Cl)c2)C1. The van der Waals surface area contributed by atoms with Crippen molar-refractivity contribution in [2.75, 3.05) is 40.4 Å². The minimum atomic E-state index is -1.03. The summed E-state index contributed by atoms with van der Waals surface area (Å²) in [7, 11) is 3.60. The number of carbonyl (C=O) groups is 1. The Morgan fingerprint density at radius 2 is 2.16 bits per heavy atom. The summed E-state index contributed by atoms with van der Waals surface area (Å²) in [6.07, 6.45) is 5.03. The van der Waals surface area contributed by atoms with E-state index in [1.165, 1.54) is 0 Å². The molecule has 6 nitrogen and oxygen atoms in total. The predicted octanol–water partition coefficient (Wildman–Crippen LogP) is 4.40. The van der Waals surface area contributed by atoms with Crippen molar-refractivity contribution >= 4 is 17.6 Å². The fourth-order valence-corrected chi connectivity index (χ4v) is 5.00. The van der Waals surface area contributed by atoms with Crippen LogP contribution < -0.4 is 10.6 Å². The molecule has 1 fully saturated rings. The van der Waals surface area contributed by atoms with Gasteiger partial charge >= 0.3 is 6.03 Å². The van der Waals surface area contributed by atoms with Crippen LogP contribution in [-0.4, -0.2) is 62.5 Å². The third kappa shape index (κ3) is 7.91. The number of methoxy groups -OCH3 is 1. The number of unbranched alkanes of at least 4 members (excludes halogenated alkanes) is 1. The molecule has 3 N–H and O–H groups in total. The number of halogens is 1. The van der Waals surface area contributed by atoms with Crippen molar-refractivity contribution in [3.8, 4) is 0 Å². The lowest BCUT2D eigenvalue weighted by Crippen LogP contribution is -2.53. The van der Waals surface area contributed by atoms with Crippen LogP contribution in [0.2, 0.25) is 5.02 Å². The second-order valence-electron chi connectivity index (χ2n) is 9.50. The van der Waals surface area contributed by atoms with E-state index in [0.717, 1.165) is 44.2 Å². The summed E-state index contributed by atoms with van der Waals surface area (Å²) in [6, 6.07) is 7.58. The molecule has 7 heteroatoms. The first kappa shape index (κ1) is 26.9. The van der Waals surface area contributed by atoms with E-state index in [-0.39, 0.29) is 18.0 Å². The highest BCUT2D eigenvalue weighted by Gasteiger charge is 2.41. The number of hydrogen-bond acceptors (Lipinski definition) is 4. The molecule has 0 unspecified atom stereocenters. The smallest absolute Gasteiger partial charge is 0.317 e. The summed E-state index contributed by atoms with van der Waals surface area (Å²) < 4.78 is 5.19. The molecule has 2 amide bonds. The molecule has 182 valence electrons. The quantitative estimate of drug-likeness (QED) is 0.398. The molecule has 32 heavy (non-hydrogen) atoms. The number of benzene rings is 1. The Bertz CT molecular complexity index is 703. The van der Waals surface area contributed by atoms with Gasteiger partial charge in [0.1, 0.15) is 0 Å². The molecule has 0 saturated carbocycles. The number of likely N-dealkylation sites (tertiary alicyclic amines) is 1. The van der Waals surface area contributed by atoms with Crippen LogP contribution in [0.15, 0.2) is 24.3 Å². The molecule has 1 aliphatic heterocycles. The van der Waals surface area contributed by atoms with Crippen molar-refractivity contribution in [2.45, 2.75) is 64.0 Å². The van der Waals surface area contributed by atoms with E-state index in [4.69, 9.17) is 16.3 Å². The van der Waals surface area contributed by atoms with Gasteiger partial charge in [-0.3, -0.25) is 0 Å². The molecule has 0 radical (unpaired) electrons. The topological polar surface area (TPSA) is 73.8 Å². The van der Waals surface area contributed by atoms with Crippen molar-refractivity contribution in [1.29, 1.82) is 0 Å². The molecule has 1 aliphatic rings. The standard InChI is InChI=1S/C25H42ClN3O3/c1-19(2)15-23(17-27-3)28-24(30)29-13-8-10-21(18-29)25(31,12-5-6-14-32-4)20-9-7-11-22(26)16-20/h7,9,11,16,19,21,23,27,31H,5-6,8,10,12-15,17-18H2,1-4H3,(H,28,30)/t21-,23+,25-/m1/s1. The van der Waals surface area contributed by atoms with Gasteiger partial charge < -0.3 is 25.4 Å². The first-order valence-corrected chi connectivity index (χ1v) is 12.3. The largest absolute Gasteiger partial charge is 0.385 e. The fraction of sp³-hybridized carbons (Fsp3) is 0.720. The van der Waals surface area contributed by atoms with Gasteiger partial charge in [-0.15, -0.1) is 0 Å². The monoisotopic (exact) mass is 467 g/mol. The summed E-state index contributed by atoms with van der Waals surface area (Å²) in [5.41, 5.74) is -0.192. The van der Waals surface area contributed by atoms with E-state index >= 15 is 0 Å². The highest BCUT2D eigenvalue weighted by molar-refractivity contribution is 6.30. The van der Waals surface area contributed by atoms with E-state index in [2.05, 4.69) is 24.5 Å². The number of piperidine rings is 1. The van der Waals surface area contributed by atoms with Gasteiger partial charge in [-0.25, -0.2) is 4.79 Å². The van der Waals surface area contributed by atoms with Gasteiger partial charge in [0.25, 0.3) is 0 Å². The Balaban J connectivity index is 2.15. The van der Waals surface area contributed by atoms with E-state index in [1.807, 2.05) is 36.2 Å². The van der Waals surface area contributed by atoms with E-state index in [1.54, 1.807) is 7.11 Å². The maximum absolute atomic E-state index is 13.1. The van der Waals surface area contributed by atoms with Gasteiger partial charge in [0.15, 0.2) is 0 Å². The predicted molar refractivity (Wildman–Crippen MR) is 131 cm³/mol. The number of ether oxygens (including phenoxy) is 1. The van der Waals surface area contributed by atoms with Gasteiger partial charge in [0.05, 0.1) is 5.60 Å². The fourth-order valence-electron chi connectivity index (χ4n) is 4.81. The summed E-state index contributed by atoms with van der Waals surface area (Å²) in [4.78, 5) is 15.0. The van der Waals surface area contributed by atoms with Crippen molar-refractivity contribution in [3.63, 3.8) is 0 Å². The van der Waals surface area contributed by atoms with Crippen LogP contribution in [0.3, 0.4) is 0 Å². The summed E-state index contributed by atoms with van der Waals surface area (Å²) >= 11 is 6.27. The highest BCUT2D eigenvalue weighted by Crippen LogP contribution is 2.40. The molecule has 0 aromatic heterocycles. The van der Waals surface area contributed by atoms with Crippen LogP contribution in [0.1, 0.15) is 57.9 Å². The van der Waals surface area contributed by atoms with Crippen LogP contribution in [0.4, 0.5) is 4.79 Å². The van der Waals surface area contributed by atoms with Crippen LogP contribution in [-0.2, 0) is 10.3 Å². The molecule has 0 spiro atoms. The second-order valence-corrected chi connectivity index (χ2v) is 9.94. The molecule has 1 aromatic rings. The van der Waals surface area contributed by atoms with Crippen LogP contribution >= 0.6 is 11.6 Å². The normalized spacial score (nSPS) is 19.6. The van der Waals surface area contributed by atoms with Gasteiger partial charge in [-0.2, -0.15) is 0 Å². The zero-order chi connectivity index (χ0) is 23.6. The summed E-state index contributed by atoms with van der Waals surface area (Å²) in [5, 5.41) is 18.9. The maximum Gasteiger partial charge on any atom is 0.317 e. The average molecular weight is 468 g/mol. The zero-order valence-electron chi connectivity index (χ0n) is 20.2. The van der Waals surface area contributed by atoms with Crippen LogP contribution in [0, 0.1) is 11.8 Å². The Hall–Kier alpha value is -1.34. The Kier molecular flexibility index (Phi) is 11.3. The molecule has 1 saturated heterocycles. The van der Waals surface area contributed by atoms with Crippen LogP contribution in [0.5, 0.6) is 0 Å². The second kappa shape index (κ2) is 13.4. The van der Waals surface area contributed by atoms with Crippen molar-refractivity contribution < 1.29 is 14.6 Å². The lowest BCUT2D eigenvalue weighted by atomic mass is 9.74. The van der Waals surface area contributed by atoms with Gasteiger partial charge in [0.2, 0.25) is 0 Å². The summed E-state index contributed by atoms with van der Waals surface area (Å²) in [6.45, 7) is 7.00. The lowest BCUT2D eigenvalue weighted by molar-refractivity contribution is -0.0563. The number of rotatable bonds is 12. The van der Waals surface area contributed by atoms with E-state index in [9.17, 15) is 9.90 Å². The Morgan fingerprint density at radius 1 is 1.38 bits per heavy atom. The third-order valence-electron chi connectivity index (χ3n) is 6.40. The number of amides is 2. The molecule has 1 heterocycles. The van der Waals surface area contributed by atoms with Gasteiger partial charge in [-0.1, -0.05) is 37.6 Å². The number of nitrogens with zero attached hydrogens (tertiary/aromatic N) is 1. The molecular weight excluding hydrogens is 426 g/mol. The first-order valence-electron chi connectivity index (χ1n) is 12.0. The van der Waals surface area contributed by atoms with Crippen molar-refractivity contribution in [3.05, 3.63) is 34.9 Å². The average Bonchev–Trinajstić information content (AvgIpc) is 2.76. The molecule has 1 aromatic carbocycles. The Morgan fingerprint density at radius 3 is 2.81 bits per heavy atom. The minimum absolute atomic E-state index is 0.0385. The van der Waals surface area contributed by atoms with Crippen molar-refractivity contribution in [1.82, 2.24) is 15.5 Å². The molecule has 0 aliphatic carbocycles. The number of nitrogens with one attached hydrogen (secondary N) is 2. The molecule has 2 rings (SSSR count). The molecular formula is C25H42ClN3O3. The van der Waals surface area contributed by atoms with Crippen molar-refractivity contribution in [2.24, 2.45) is 11.8 Å². The minimum Gasteiger partial charge on any atom is -0.385 e. The number of aliphatic hydroxyl groups is 1. The lowest BCUT2D eigenvalue weighted by Gasteiger charge is -2.43. The molecule has 3 atom stereocenters. The zero-order valence-corrected chi connectivity index (χ0v) is 21.0. The maximum atomic E-state index is 13.1. The molecule has 0 bridgehead atoms. The van der Waals surface area contributed by atoms with Gasteiger partial charge in [0, 0.05) is 50.3 Å². The highest BCUT2D eigenvalue weighted by atomic mass is 35.5. The number of urea groups is 1. The Labute approximate surface area is 199 Å². The number of likely N-dealkylation sites (N-methyl/N-ethyl adjacent to an activating group) is 1. The third-order valence-corrected chi connectivity index (χ3v) is 6.63. The van der Waals surface area contributed by atoms with E-state index in [0.29, 0.717) is 37.1 Å². The summed E-state index contributed by atoms with van der Waals surface area (Å²) in [5.74, 6) is 0.457.